The summed E-state index contributed by atoms with van der Waals surface area (Å²) < 4.78 is 0. The van der Waals surface area contributed by atoms with E-state index in [-0.39, 0.29) is 23.8 Å². The Hall–Kier alpha value is -2.95. The molecule has 0 spiro atoms. The van der Waals surface area contributed by atoms with E-state index in [4.69, 9.17) is 0 Å². The van der Waals surface area contributed by atoms with Gasteiger partial charge in [0.05, 0.1) is 6.04 Å². The van der Waals surface area contributed by atoms with Crippen molar-refractivity contribution in [3.63, 3.8) is 0 Å². The van der Waals surface area contributed by atoms with Gasteiger partial charge in [0.25, 0.3) is 0 Å². The van der Waals surface area contributed by atoms with Gasteiger partial charge in [0.1, 0.15) is 0 Å². The number of imide groups is 1. The standard InChI is InChI=1S/C23H26N2O3/c26-20(14-8-3-9-17-25-21(27)15-16-22(25)28)24-23(18-10-4-1-5-11-18)19-12-6-2-7-13-19/h1-2,4-7,10-13,23H,3,8-9,14-17H2,(H,24,26). The van der Waals surface area contributed by atoms with Gasteiger partial charge in [-0.1, -0.05) is 67.1 Å². The number of carbonyl (C=O) groups is 3. The molecule has 1 heterocycles. The van der Waals surface area contributed by atoms with Crippen LogP contribution in [0, 0.1) is 0 Å². The highest BCUT2D eigenvalue weighted by atomic mass is 16.2. The molecule has 1 aliphatic heterocycles. The van der Waals surface area contributed by atoms with Crippen molar-refractivity contribution in [2.45, 2.75) is 44.6 Å². The summed E-state index contributed by atoms with van der Waals surface area (Å²) in [5.74, 6) is -0.140. The second-order valence-electron chi connectivity index (χ2n) is 7.07. The van der Waals surface area contributed by atoms with Crippen LogP contribution in [0.5, 0.6) is 0 Å². The van der Waals surface area contributed by atoms with Crippen molar-refractivity contribution in [2.24, 2.45) is 0 Å². The Kier molecular flexibility index (Phi) is 6.95. The Bertz CT molecular complexity index is 750. The van der Waals surface area contributed by atoms with E-state index < -0.39 is 0 Å². The highest BCUT2D eigenvalue weighted by Crippen LogP contribution is 2.22. The number of carbonyl (C=O) groups excluding carboxylic acids is 3. The molecule has 0 saturated carbocycles. The minimum absolute atomic E-state index is 0.00558. The first-order valence-electron chi connectivity index (χ1n) is 9.87. The monoisotopic (exact) mass is 378 g/mol. The summed E-state index contributed by atoms with van der Waals surface area (Å²) in [5.41, 5.74) is 2.10. The summed E-state index contributed by atoms with van der Waals surface area (Å²) in [4.78, 5) is 37.0. The maximum atomic E-state index is 12.5. The van der Waals surface area contributed by atoms with Crippen LogP contribution in [0.1, 0.15) is 55.7 Å². The van der Waals surface area contributed by atoms with Gasteiger partial charge in [0.15, 0.2) is 0 Å². The minimum Gasteiger partial charge on any atom is -0.345 e. The average molecular weight is 378 g/mol. The highest BCUT2D eigenvalue weighted by Gasteiger charge is 2.27. The molecule has 2 aromatic carbocycles. The quantitative estimate of drug-likeness (QED) is 0.535. The number of likely N-dealkylation sites (tertiary alicyclic amines) is 1. The number of hydrogen-bond donors (Lipinski definition) is 1. The molecule has 5 nitrogen and oxygen atoms in total. The van der Waals surface area contributed by atoms with Crippen molar-refractivity contribution >= 4 is 17.7 Å². The van der Waals surface area contributed by atoms with Gasteiger partial charge in [-0.25, -0.2) is 0 Å². The summed E-state index contributed by atoms with van der Waals surface area (Å²) >= 11 is 0. The second kappa shape index (κ2) is 9.83. The maximum Gasteiger partial charge on any atom is 0.229 e. The lowest BCUT2D eigenvalue weighted by Crippen LogP contribution is -2.30. The molecule has 0 aromatic heterocycles. The van der Waals surface area contributed by atoms with E-state index in [0.29, 0.717) is 25.8 Å². The van der Waals surface area contributed by atoms with E-state index in [2.05, 4.69) is 5.32 Å². The van der Waals surface area contributed by atoms with Crippen LogP contribution < -0.4 is 5.32 Å². The van der Waals surface area contributed by atoms with Crippen LogP contribution in [0.4, 0.5) is 0 Å². The van der Waals surface area contributed by atoms with Gasteiger partial charge in [-0.05, 0) is 24.0 Å². The molecule has 0 unspecified atom stereocenters. The van der Waals surface area contributed by atoms with Crippen molar-refractivity contribution in [3.05, 3.63) is 71.8 Å². The van der Waals surface area contributed by atoms with Crippen LogP contribution in [0.25, 0.3) is 0 Å². The van der Waals surface area contributed by atoms with Crippen molar-refractivity contribution in [1.29, 1.82) is 0 Å². The number of hydrogen-bond acceptors (Lipinski definition) is 3. The molecule has 0 aliphatic carbocycles. The molecule has 1 N–H and O–H groups in total. The van der Waals surface area contributed by atoms with Gasteiger partial charge in [0.2, 0.25) is 17.7 Å². The molecule has 0 bridgehead atoms. The molecule has 28 heavy (non-hydrogen) atoms. The minimum atomic E-state index is -0.172. The van der Waals surface area contributed by atoms with Crippen LogP contribution in [0.2, 0.25) is 0 Å². The van der Waals surface area contributed by atoms with Gasteiger partial charge < -0.3 is 5.32 Å². The van der Waals surface area contributed by atoms with E-state index in [1.54, 1.807) is 0 Å². The first-order valence-corrected chi connectivity index (χ1v) is 9.87. The molecule has 5 heteroatoms. The maximum absolute atomic E-state index is 12.5. The molecule has 2 aromatic rings. The highest BCUT2D eigenvalue weighted by molar-refractivity contribution is 6.01. The smallest absolute Gasteiger partial charge is 0.229 e. The fourth-order valence-electron chi connectivity index (χ4n) is 3.49. The SMILES string of the molecule is O=C(CCCCCN1C(=O)CCC1=O)NC(c1ccccc1)c1ccccc1. The van der Waals surface area contributed by atoms with Crippen LogP contribution in [0.15, 0.2) is 60.7 Å². The van der Waals surface area contributed by atoms with Crippen molar-refractivity contribution in [1.82, 2.24) is 10.2 Å². The summed E-state index contributed by atoms with van der Waals surface area (Å²) in [5, 5.41) is 3.14. The number of nitrogens with one attached hydrogen (secondary N) is 1. The average Bonchev–Trinajstić information content (AvgIpc) is 3.05. The summed E-state index contributed by atoms with van der Waals surface area (Å²) in [6, 6.07) is 19.7. The first-order chi connectivity index (χ1) is 13.6. The number of nitrogens with zero attached hydrogens (tertiary/aromatic N) is 1. The zero-order valence-corrected chi connectivity index (χ0v) is 16.0. The number of benzene rings is 2. The van der Waals surface area contributed by atoms with E-state index in [0.717, 1.165) is 30.4 Å². The van der Waals surface area contributed by atoms with Crippen LogP contribution in [0.3, 0.4) is 0 Å². The van der Waals surface area contributed by atoms with Crippen LogP contribution in [-0.2, 0) is 14.4 Å². The predicted molar refractivity (Wildman–Crippen MR) is 107 cm³/mol. The van der Waals surface area contributed by atoms with Gasteiger partial charge >= 0.3 is 0 Å². The number of rotatable bonds is 9. The third kappa shape index (κ3) is 5.28. The topological polar surface area (TPSA) is 66.5 Å². The summed E-state index contributed by atoms with van der Waals surface area (Å²) in [7, 11) is 0. The number of unbranched alkanes of at least 4 members (excludes halogenated alkanes) is 2. The Morgan fingerprint density at radius 1 is 0.821 bits per heavy atom. The molecular formula is C23H26N2O3. The predicted octanol–water partition coefficient (Wildman–Crippen LogP) is 3.60. The zero-order chi connectivity index (χ0) is 19.8. The Morgan fingerprint density at radius 2 is 1.36 bits per heavy atom. The zero-order valence-electron chi connectivity index (χ0n) is 16.0. The molecule has 146 valence electrons. The van der Waals surface area contributed by atoms with Crippen molar-refractivity contribution in [3.8, 4) is 0 Å². The fourth-order valence-corrected chi connectivity index (χ4v) is 3.49. The van der Waals surface area contributed by atoms with E-state index >= 15 is 0 Å². The third-order valence-corrected chi connectivity index (χ3v) is 5.01. The van der Waals surface area contributed by atoms with Crippen molar-refractivity contribution < 1.29 is 14.4 Å². The van der Waals surface area contributed by atoms with Crippen LogP contribution >= 0.6 is 0 Å². The molecule has 3 amide bonds. The Morgan fingerprint density at radius 3 is 1.89 bits per heavy atom. The molecule has 0 radical (unpaired) electrons. The molecule has 0 atom stereocenters. The molecule has 1 fully saturated rings. The van der Waals surface area contributed by atoms with Gasteiger partial charge in [0, 0.05) is 25.8 Å². The van der Waals surface area contributed by atoms with E-state index in [1.165, 1.54) is 4.90 Å². The Labute approximate surface area is 165 Å². The van der Waals surface area contributed by atoms with Crippen molar-refractivity contribution in [2.75, 3.05) is 6.54 Å². The third-order valence-electron chi connectivity index (χ3n) is 5.01. The first kappa shape index (κ1) is 19.8. The summed E-state index contributed by atoms with van der Waals surface area (Å²) in [6.45, 7) is 0.468. The van der Waals surface area contributed by atoms with Gasteiger partial charge in [-0.15, -0.1) is 0 Å². The normalized spacial score (nSPS) is 14.0. The Balaban J connectivity index is 1.48. The fraction of sp³-hybridized carbons (Fsp3) is 0.348. The molecule has 3 rings (SSSR count). The second-order valence-corrected chi connectivity index (χ2v) is 7.07. The summed E-state index contributed by atoms with van der Waals surface area (Å²) in [6.07, 6.45) is 3.39. The lowest BCUT2D eigenvalue weighted by molar-refractivity contribution is -0.138. The van der Waals surface area contributed by atoms with E-state index in [9.17, 15) is 14.4 Å². The number of amides is 3. The van der Waals surface area contributed by atoms with Gasteiger partial charge in [-0.2, -0.15) is 0 Å². The van der Waals surface area contributed by atoms with Gasteiger partial charge in [-0.3, -0.25) is 19.3 Å². The lowest BCUT2D eigenvalue weighted by Gasteiger charge is -2.20. The molecule has 1 saturated heterocycles. The molecule has 1 aliphatic rings. The lowest BCUT2D eigenvalue weighted by atomic mass is 9.98. The largest absolute Gasteiger partial charge is 0.345 e. The molecular weight excluding hydrogens is 352 g/mol. The van der Waals surface area contributed by atoms with Crippen LogP contribution in [-0.4, -0.2) is 29.2 Å². The van der Waals surface area contributed by atoms with E-state index in [1.807, 2.05) is 60.7 Å².